The Bertz CT molecular complexity index is 2950. The monoisotopic (exact) mass is 615 g/mol. The molecule has 0 amide bonds. The van der Waals surface area contributed by atoms with Crippen LogP contribution in [-0.4, -0.2) is 14.0 Å². The normalized spacial score (nSPS) is 12.2. The number of hydrogen-bond acceptors (Lipinski definition) is 3. The number of fused-ring (bicyclic) bond motifs is 11. The van der Waals surface area contributed by atoms with Crippen molar-refractivity contribution in [2.45, 2.75) is 0 Å². The molecule has 5 nitrogen and oxygen atoms in total. The van der Waals surface area contributed by atoms with E-state index in [0.29, 0.717) is 0 Å². The minimum Gasteiger partial charge on any atom is -0.455 e. The van der Waals surface area contributed by atoms with Gasteiger partial charge in [-0.15, -0.1) is 0 Å². The van der Waals surface area contributed by atoms with Gasteiger partial charge in [-0.1, -0.05) is 97.1 Å². The van der Waals surface area contributed by atoms with E-state index >= 15 is 0 Å². The van der Waals surface area contributed by atoms with Gasteiger partial charge >= 0.3 is 0 Å². The maximum atomic E-state index is 6.56. The van der Waals surface area contributed by atoms with Crippen molar-refractivity contribution >= 4 is 71.7 Å². The smallest absolute Gasteiger partial charge is 0.220 e. The summed E-state index contributed by atoms with van der Waals surface area (Å²) in [6.45, 7) is 0. The summed E-state index contributed by atoms with van der Waals surface area (Å²) in [5.74, 6) is 0.865. The second kappa shape index (κ2) is 9.47. The van der Waals surface area contributed by atoms with Gasteiger partial charge in [0.2, 0.25) is 5.78 Å². The fourth-order valence-corrected chi connectivity index (χ4v) is 7.61. The van der Waals surface area contributed by atoms with E-state index in [1.165, 1.54) is 0 Å². The second-order valence-corrected chi connectivity index (χ2v) is 12.4. The van der Waals surface area contributed by atoms with Crippen molar-refractivity contribution in [2.24, 2.45) is 0 Å². The van der Waals surface area contributed by atoms with Crippen LogP contribution in [0.5, 0.6) is 0 Å². The van der Waals surface area contributed by atoms with Crippen LogP contribution in [0.3, 0.4) is 0 Å². The van der Waals surface area contributed by atoms with Gasteiger partial charge in [-0.25, -0.2) is 4.98 Å². The first-order valence-corrected chi connectivity index (χ1v) is 16.1. The molecule has 0 bridgehead atoms. The Balaban J connectivity index is 1.27. The zero-order chi connectivity index (χ0) is 31.3. The molecule has 0 N–H and O–H groups in total. The molecule has 5 heteroatoms. The van der Waals surface area contributed by atoms with Crippen LogP contribution in [0.2, 0.25) is 0 Å². The first-order chi connectivity index (χ1) is 23.8. The van der Waals surface area contributed by atoms with Crippen LogP contribution in [-0.2, 0) is 0 Å². The Morgan fingerprint density at radius 2 is 0.958 bits per heavy atom. The lowest BCUT2D eigenvalue weighted by atomic mass is 9.95. The maximum Gasteiger partial charge on any atom is 0.220 e. The number of rotatable bonds is 3. The summed E-state index contributed by atoms with van der Waals surface area (Å²) in [6.07, 6.45) is 0. The van der Waals surface area contributed by atoms with Crippen molar-refractivity contribution in [1.29, 1.82) is 0 Å². The number of furan rings is 2. The van der Waals surface area contributed by atoms with Crippen molar-refractivity contribution < 1.29 is 8.83 Å². The van der Waals surface area contributed by atoms with Crippen LogP contribution in [0, 0.1) is 0 Å². The Morgan fingerprint density at radius 1 is 0.438 bits per heavy atom. The topological polar surface area (TPSA) is 48.5 Å². The fraction of sp³-hybridized carbons (Fsp3) is 0. The molecule has 0 aliphatic heterocycles. The van der Waals surface area contributed by atoms with Crippen molar-refractivity contribution in [3.05, 3.63) is 152 Å². The minimum absolute atomic E-state index is 0.865. The van der Waals surface area contributed by atoms with Gasteiger partial charge in [-0.3, -0.25) is 8.97 Å². The van der Waals surface area contributed by atoms with E-state index in [1.807, 2.05) is 30.3 Å². The number of aromatic nitrogens is 3. The molecule has 0 saturated heterocycles. The zero-order valence-corrected chi connectivity index (χ0v) is 25.6. The minimum atomic E-state index is 0.865. The molecule has 0 saturated carbocycles. The SMILES string of the molecule is c1ccc2c(c1)nc1n(-c3cc(-c4cccc5c4oc4ccccc45)cc(-c4cccc5c4oc4ccccc45)c3)c3ccccc3n21. The molecule has 0 spiro atoms. The molecule has 7 aromatic carbocycles. The molecule has 0 radical (unpaired) electrons. The zero-order valence-electron chi connectivity index (χ0n) is 25.6. The summed E-state index contributed by atoms with van der Waals surface area (Å²) in [5, 5.41) is 4.42. The van der Waals surface area contributed by atoms with Gasteiger partial charge in [-0.05, 0) is 65.7 Å². The highest BCUT2D eigenvalue weighted by atomic mass is 16.3. The molecule has 0 aliphatic rings. The van der Waals surface area contributed by atoms with Crippen molar-refractivity contribution in [3.8, 4) is 27.9 Å². The van der Waals surface area contributed by atoms with E-state index in [2.05, 4.69) is 130 Å². The molecule has 48 heavy (non-hydrogen) atoms. The van der Waals surface area contributed by atoms with E-state index in [-0.39, 0.29) is 0 Å². The molecule has 0 atom stereocenters. The molecular weight excluding hydrogens is 590 g/mol. The second-order valence-electron chi connectivity index (χ2n) is 12.4. The molecule has 224 valence electrons. The molecule has 11 aromatic rings. The largest absolute Gasteiger partial charge is 0.455 e. The first-order valence-electron chi connectivity index (χ1n) is 16.1. The Hall–Kier alpha value is -6.59. The third-order valence-corrected chi connectivity index (χ3v) is 9.71. The lowest BCUT2D eigenvalue weighted by molar-refractivity contribution is 0.670. The van der Waals surface area contributed by atoms with E-state index in [0.717, 1.165) is 99.7 Å². The summed E-state index contributed by atoms with van der Waals surface area (Å²) < 4.78 is 17.7. The highest BCUT2D eigenvalue weighted by Crippen LogP contribution is 2.42. The van der Waals surface area contributed by atoms with E-state index in [4.69, 9.17) is 13.8 Å². The number of nitrogens with zero attached hydrogens (tertiary/aromatic N) is 3. The Labute approximate surface area is 273 Å². The van der Waals surface area contributed by atoms with Crippen LogP contribution in [0.1, 0.15) is 0 Å². The van der Waals surface area contributed by atoms with Gasteiger partial charge in [0, 0.05) is 32.7 Å². The van der Waals surface area contributed by atoms with E-state index in [1.54, 1.807) is 0 Å². The van der Waals surface area contributed by atoms with Gasteiger partial charge in [0.15, 0.2) is 0 Å². The molecule has 4 aromatic heterocycles. The third kappa shape index (κ3) is 3.47. The fourth-order valence-electron chi connectivity index (χ4n) is 7.61. The number of imidazole rings is 2. The highest BCUT2D eigenvalue weighted by Gasteiger charge is 2.21. The quantitative estimate of drug-likeness (QED) is 0.199. The molecule has 0 aliphatic carbocycles. The lowest BCUT2D eigenvalue weighted by Crippen LogP contribution is -1.97. The molecule has 0 fully saturated rings. The van der Waals surface area contributed by atoms with Gasteiger partial charge in [0.1, 0.15) is 22.3 Å². The number of benzene rings is 7. The highest BCUT2D eigenvalue weighted by molar-refractivity contribution is 6.11. The summed E-state index contributed by atoms with van der Waals surface area (Å²) in [4.78, 5) is 5.18. The summed E-state index contributed by atoms with van der Waals surface area (Å²) in [5.41, 5.74) is 12.9. The van der Waals surface area contributed by atoms with Crippen molar-refractivity contribution in [2.75, 3.05) is 0 Å². The predicted octanol–water partition coefficient (Wildman–Crippen LogP) is 11.6. The summed E-state index contributed by atoms with van der Waals surface area (Å²) >= 11 is 0. The van der Waals surface area contributed by atoms with Crippen LogP contribution in [0.4, 0.5) is 0 Å². The van der Waals surface area contributed by atoms with E-state index in [9.17, 15) is 0 Å². The Kier molecular flexibility index (Phi) is 5.05. The lowest BCUT2D eigenvalue weighted by Gasteiger charge is -2.13. The van der Waals surface area contributed by atoms with E-state index < -0.39 is 0 Å². The van der Waals surface area contributed by atoms with Crippen LogP contribution in [0.15, 0.2) is 160 Å². The van der Waals surface area contributed by atoms with Gasteiger partial charge in [0.05, 0.1) is 27.8 Å². The van der Waals surface area contributed by atoms with Gasteiger partial charge in [-0.2, -0.15) is 0 Å². The van der Waals surface area contributed by atoms with Crippen LogP contribution < -0.4 is 0 Å². The average Bonchev–Trinajstić information content (AvgIpc) is 3.89. The standard InChI is InChI=1S/C43H25N3O2/c1-7-21-39-31(11-1)33-15-9-13-29(41(33)47-39)26-23-27(30-14-10-16-34-32-12-2-8-22-40(32)48-42(30)34)25-28(24-26)45-37-19-5-6-20-38(37)46-36-18-4-3-17-35(36)44-43(45)46/h1-25H. The number of hydrogen-bond donors (Lipinski definition) is 0. The van der Waals surface area contributed by atoms with Crippen LogP contribution in [0.25, 0.3) is 99.7 Å². The van der Waals surface area contributed by atoms with Crippen LogP contribution >= 0.6 is 0 Å². The predicted molar refractivity (Wildman–Crippen MR) is 195 cm³/mol. The molecule has 0 unspecified atom stereocenters. The van der Waals surface area contributed by atoms with Gasteiger partial charge < -0.3 is 8.83 Å². The third-order valence-electron chi connectivity index (χ3n) is 9.71. The molecular formula is C43H25N3O2. The number of para-hydroxylation sites is 8. The molecule has 4 heterocycles. The van der Waals surface area contributed by atoms with Gasteiger partial charge in [0.25, 0.3) is 0 Å². The summed E-state index contributed by atoms with van der Waals surface area (Å²) in [6, 6.07) is 53.0. The van der Waals surface area contributed by atoms with Crippen molar-refractivity contribution in [3.63, 3.8) is 0 Å². The Morgan fingerprint density at radius 3 is 1.60 bits per heavy atom. The summed E-state index contributed by atoms with van der Waals surface area (Å²) in [7, 11) is 0. The maximum absolute atomic E-state index is 6.56. The van der Waals surface area contributed by atoms with Crippen molar-refractivity contribution in [1.82, 2.24) is 14.0 Å². The molecule has 11 rings (SSSR count). The average molecular weight is 616 g/mol. The first kappa shape index (κ1) is 25.6.